The van der Waals surface area contributed by atoms with Gasteiger partial charge in [-0.3, -0.25) is 9.36 Å². The molecule has 43 heavy (non-hydrogen) atoms. The first-order valence-corrected chi connectivity index (χ1v) is 14.5. The average molecular weight is 552 g/mol. The highest BCUT2D eigenvalue weighted by Crippen LogP contribution is 2.39. The number of hydrogen-bond acceptors (Lipinski definition) is 1. The number of rotatable bonds is 3. The minimum atomic E-state index is -0.0432. The zero-order valence-corrected chi connectivity index (χ0v) is 23.2. The topological polar surface area (TPSA) is 31.3 Å². The van der Waals surface area contributed by atoms with Gasteiger partial charge in [0.05, 0.1) is 27.6 Å². The fraction of sp³-hybridized carbons (Fsp3) is 0. The summed E-state index contributed by atoms with van der Waals surface area (Å²) >= 11 is 0. The molecule has 0 aliphatic heterocycles. The summed E-state index contributed by atoms with van der Waals surface area (Å²) in [6, 6.07) is 52.1. The van der Waals surface area contributed by atoms with Gasteiger partial charge in [0, 0.05) is 33.1 Å². The lowest BCUT2D eigenvalue weighted by Crippen LogP contribution is -2.21. The molecule has 4 heteroatoms. The molecule has 6 aromatic carbocycles. The third-order valence-electron chi connectivity index (χ3n) is 8.64. The second-order valence-corrected chi connectivity index (χ2v) is 11.0. The van der Waals surface area contributed by atoms with Gasteiger partial charge in [-0.05, 0) is 60.2 Å². The van der Waals surface area contributed by atoms with Crippen molar-refractivity contribution in [3.8, 4) is 22.5 Å². The summed E-state index contributed by atoms with van der Waals surface area (Å²) in [5.41, 5.74) is 9.67. The fourth-order valence-corrected chi connectivity index (χ4v) is 6.86. The molecule has 0 bridgehead atoms. The van der Waals surface area contributed by atoms with Crippen LogP contribution in [0.15, 0.2) is 156 Å². The predicted molar refractivity (Wildman–Crippen MR) is 178 cm³/mol. The fourth-order valence-electron chi connectivity index (χ4n) is 6.86. The van der Waals surface area contributed by atoms with E-state index < -0.39 is 0 Å². The molecule has 0 saturated heterocycles. The van der Waals surface area contributed by atoms with E-state index in [1.807, 2.05) is 71.3 Å². The van der Waals surface area contributed by atoms with E-state index in [1.165, 1.54) is 10.8 Å². The van der Waals surface area contributed by atoms with Crippen molar-refractivity contribution in [1.82, 2.24) is 13.5 Å². The molecule has 0 fully saturated rings. The molecule has 0 spiro atoms. The van der Waals surface area contributed by atoms with Crippen molar-refractivity contribution in [1.29, 1.82) is 0 Å². The van der Waals surface area contributed by atoms with E-state index in [0.717, 1.165) is 55.5 Å². The number of benzene rings is 6. The van der Waals surface area contributed by atoms with Gasteiger partial charge in [-0.1, -0.05) is 97.1 Å². The van der Waals surface area contributed by atoms with Crippen LogP contribution in [0.1, 0.15) is 0 Å². The van der Waals surface area contributed by atoms with Crippen LogP contribution in [-0.2, 0) is 0 Å². The molecule has 0 aliphatic carbocycles. The summed E-state index contributed by atoms with van der Waals surface area (Å²) in [5.74, 6) is 0. The number of aromatic nitrogens is 3. The van der Waals surface area contributed by atoms with E-state index in [-0.39, 0.29) is 5.56 Å². The highest BCUT2D eigenvalue weighted by Gasteiger charge is 2.22. The lowest BCUT2D eigenvalue weighted by atomic mass is 10.0. The van der Waals surface area contributed by atoms with Crippen molar-refractivity contribution < 1.29 is 0 Å². The molecule has 0 aliphatic rings. The second-order valence-electron chi connectivity index (χ2n) is 11.0. The van der Waals surface area contributed by atoms with E-state index in [0.29, 0.717) is 5.52 Å². The minimum Gasteiger partial charge on any atom is -0.309 e. The Morgan fingerprint density at radius 1 is 0.395 bits per heavy atom. The van der Waals surface area contributed by atoms with Gasteiger partial charge < -0.3 is 8.97 Å². The lowest BCUT2D eigenvalue weighted by Gasteiger charge is -2.14. The van der Waals surface area contributed by atoms with E-state index in [2.05, 4.69) is 93.9 Å². The maximum Gasteiger partial charge on any atom is 0.280 e. The largest absolute Gasteiger partial charge is 0.309 e. The number of fused-ring (bicyclic) bond motifs is 8. The quantitative estimate of drug-likeness (QED) is 0.215. The van der Waals surface area contributed by atoms with E-state index in [9.17, 15) is 4.79 Å². The van der Waals surface area contributed by atoms with Gasteiger partial charge in [0.2, 0.25) is 0 Å². The van der Waals surface area contributed by atoms with Crippen LogP contribution in [0.25, 0.3) is 71.8 Å². The molecule has 9 aromatic rings. The summed E-state index contributed by atoms with van der Waals surface area (Å²) in [7, 11) is 0. The molecule has 0 saturated carbocycles. The zero-order chi connectivity index (χ0) is 28.5. The smallest absolute Gasteiger partial charge is 0.280 e. The molecule has 3 heterocycles. The van der Waals surface area contributed by atoms with Crippen molar-refractivity contribution in [3.05, 3.63) is 162 Å². The van der Waals surface area contributed by atoms with Crippen molar-refractivity contribution in [2.24, 2.45) is 0 Å². The van der Waals surface area contributed by atoms with Crippen LogP contribution >= 0.6 is 0 Å². The van der Waals surface area contributed by atoms with Gasteiger partial charge in [-0.25, -0.2) is 0 Å². The van der Waals surface area contributed by atoms with Crippen LogP contribution in [0.2, 0.25) is 0 Å². The molecular formula is C39H25N3O. The Hall–Kier alpha value is -5.87. The lowest BCUT2D eigenvalue weighted by molar-refractivity contribution is 1.03. The van der Waals surface area contributed by atoms with Gasteiger partial charge in [0.25, 0.3) is 5.56 Å². The summed E-state index contributed by atoms with van der Waals surface area (Å²) in [6.07, 6.45) is 0. The molecule has 0 atom stereocenters. The van der Waals surface area contributed by atoms with E-state index in [1.54, 1.807) is 0 Å². The van der Waals surface area contributed by atoms with Crippen LogP contribution in [0, 0.1) is 0 Å². The standard InChI is InChI=1S/C39H25N3O/c43-39-38-37(26-13-3-1-4-14-26)31-25-28(40-32-19-9-7-17-29(32)30-18-8-10-20-33(30)40)23-24-34(31)42(38)36-22-12-11-21-35(36)41(39)27-15-5-2-6-16-27/h1-25H. The van der Waals surface area contributed by atoms with Crippen molar-refractivity contribution >= 4 is 49.3 Å². The summed E-state index contributed by atoms with van der Waals surface area (Å²) in [4.78, 5) is 14.7. The Balaban J connectivity index is 1.48. The second kappa shape index (κ2) is 9.07. The maximum absolute atomic E-state index is 14.7. The Morgan fingerprint density at radius 2 is 0.953 bits per heavy atom. The van der Waals surface area contributed by atoms with Crippen LogP contribution in [-0.4, -0.2) is 13.5 Å². The number of hydrogen-bond donors (Lipinski definition) is 0. The Kier molecular flexibility index (Phi) is 5.02. The molecular weight excluding hydrogens is 526 g/mol. The van der Waals surface area contributed by atoms with Gasteiger partial charge in [0.1, 0.15) is 5.52 Å². The summed E-state index contributed by atoms with van der Waals surface area (Å²) in [6.45, 7) is 0. The van der Waals surface area contributed by atoms with Crippen molar-refractivity contribution in [2.75, 3.05) is 0 Å². The molecule has 0 unspecified atom stereocenters. The maximum atomic E-state index is 14.7. The summed E-state index contributed by atoms with van der Waals surface area (Å²) < 4.78 is 6.34. The van der Waals surface area contributed by atoms with Crippen molar-refractivity contribution in [2.45, 2.75) is 0 Å². The molecule has 3 aromatic heterocycles. The van der Waals surface area contributed by atoms with Gasteiger partial charge in [0.15, 0.2) is 0 Å². The van der Waals surface area contributed by atoms with Gasteiger partial charge in [-0.2, -0.15) is 0 Å². The Bertz CT molecular complexity index is 2520. The van der Waals surface area contributed by atoms with Crippen LogP contribution in [0.5, 0.6) is 0 Å². The monoisotopic (exact) mass is 551 g/mol. The first-order chi connectivity index (χ1) is 21.3. The minimum absolute atomic E-state index is 0.0432. The molecule has 4 nitrogen and oxygen atoms in total. The highest BCUT2D eigenvalue weighted by atomic mass is 16.1. The van der Waals surface area contributed by atoms with Crippen LogP contribution in [0.3, 0.4) is 0 Å². The van der Waals surface area contributed by atoms with E-state index in [4.69, 9.17) is 0 Å². The first-order valence-electron chi connectivity index (χ1n) is 14.5. The summed E-state index contributed by atoms with van der Waals surface area (Å²) in [5, 5.41) is 3.49. The number of nitrogens with zero attached hydrogens (tertiary/aromatic N) is 3. The number of para-hydroxylation sites is 5. The molecule has 0 amide bonds. The molecule has 0 radical (unpaired) electrons. The molecule has 0 N–H and O–H groups in total. The van der Waals surface area contributed by atoms with E-state index >= 15 is 0 Å². The van der Waals surface area contributed by atoms with Gasteiger partial charge >= 0.3 is 0 Å². The third-order valence-corrected chi connectivity index (χ3v) is 8.64. The third kappa shape index (κ3) is 3.35. The van der Waals surface area contributed by atoms with Crippen molar-refractivity contribution in [3.63, 3.8) is 0 Å². The SMILES string of the molecule is O=c1c2c(-c3ccccc3)c3cc(-n4c5ccccc5c5ccccc54)ccc3n2c2ccccc2n1-c1ccccc1. The van der Waals surface area contributed by atoms with Crippen LogP contribution < -0.4 is 5.56 Å². The Labute approximate surface area is 246 Å². The average Bonchev–Trinajstić information content (AvgIpc) is 3.59. The Morgan fingerprint density at radius 3 is 1.63 bits per heavy atom. The van der Waals surface area contributed by atoms with Gasteiger partial charge in [-0.15, -0.1) is 0 Å². The highest BCUT2D eigenvalue weighted by molar-refractivity contribution is 6.11. The normalized spacial score (nSPS) is 11.8. The first kappa shape index (κ1) is 23.8. The molecule has 202 valence electrons. The predicted octanol–water partition coefficient (Wildman–Crippen LogP) is 9.16. The van der Waals surface area contributed by atoms with Crippen LogP contribution in [0.4, 0.5) is 0 Å². The zero-order valence-electron chi connectivity index (χ0n) is 23.2. The molecule has 9 rings (SSSR count).